The van der Waals surface area contributed by atoms with Crippen LogP contribution in [0, 0.1) is 13.8 Å². The van der Waals surface area contributed by atoms with Crippen LogP contribution in [0.4, 0.5) is 5.69 Å². The highest BCUT2D eigenvalue weighted by molar-refractivity contribution is 7.92. The minimum absolute atomic E-state index is 0.115. The predicted octanol–water partition coefficient (Wildman–Crippen LogP) is 3.29. The average molecular weight is 472 g/mol. The van der Waals surface area contributed by atoms with Crippen LogP contribution in [-0.4, -0.2) is 44.5 Å². The van der Waals surface area contributed by atoms with E-state index in [1.54, 1.807) is 6.07 Å². The van der Waals surface area contributed by atoms with Crippen LogP contribution >= 0.6 is 0 Å². The minimum Gasteiger partial charge on any atom is -0.352 e. The lowest BCUT2D eigenvalue weighted by Crippen LogP contribution is -2.32. The third-order valence-corrected chi connectivity index (χ3v) is 7.25. The zero-order chi connectivity index (χ0) is 24.0. The quantitative estimate of drug-likeness (QED) is 0.576. The number of benzene rings is 2. The molecule has 0 bridgehead atoms. The Labute approximate surface area is 196 Å². The summed E-state index contributed by atoms with van der Waals surface area (Å²) in [6, 6.07) is 13.5. The molecule has 0 unspecified atom stereocenters. The van der Waals surface area contributed by atoms with Gasteiger partial charge in [-0.2, -0.15) is 0 Å². The lowest BCUT2D eigenvalue weighted by molar-refractivity contribution is -0.128. The maximum absolute atomic E-state index is 12.3. The van der Waals surface area contributed by atoms with Gasteiger partial charge in [-0.3, -0.25) is 13.9 Å². The van der Waals surface area contributed by atoms with Crippen LogP contribution in [0.25, 0.3) is 0 Å². The molecule has 1 N–H and O–H groups in total. The molecule has 0 aliphatic carbocycles. The van der Waals surface area contributed by atoms with Crippen LogP contribution in [0.15, 0.2) is 42.5 Å². The van der Waals surface area contributed by atoms with Crippen molar-refractivity contribution >= 4 is 27.5 Å². The molecule has 1 aliphatic rings. The van der Waals surface area contributed by atoms with Crippen molar-refractivity contribution in [1.29, 1.82) is 0 Å². The Hall–Kier alpha value is -2.87. The molecule has 0 aromatic heterocycles. The number of aryl methyl sites for hydroxylation is 1. The monoisotopic (exact) mass is 471 g/mol. The zero-order valence-electron chi connectivity index (χ0n) is 19.6. The molecule has 1 fully saturated rings. The number of rotatable bonds is 10. The van der Waals surface area contributed by atoms with Gasteiger partial charge in [0.15, 0.2) is 0 Å². The van der Waals surface area contributed by atoms with Crippen molar-refractivity contribution in [2.24, 2.45) is 0 Å². The first-order chi connectivity index (χ1) is 15.6. The van der Waals surface area contributed by atoms with E-state index in [1.165, 1.54) is 10.6 Å². The van der Waals surface area contributed by atoms with Gasteiger partial charge in [-0.05, 0) is 55.0 Å². The second kappa shape index (κ2) is 10.8. The Morgan fingerprint density at radius 3 is 2.42 bits per heavy atom. The van der Waals surface area contributed by atoms with Crippen molar-refractivity contribution in [3.8, 4) is 0 Å². The number of amides is 2. The maximum Gasteiger partial charge on any atom is 0.232 e. The highest BCUT2D eigenvalue weighted by atomic mass is 32.2. The van der Waals surface area contributed by atoms with Gasteiger partial charge in [-0.15, -0.1) is 0 Å². The van der Waals surface area contributed by atoms with E-state index in [0.29, 0.717) is 31.6 Å². The van der Waals surface area contributed by atoms with Gasteiger partial charge in [0.25, 0.3) is 0 Å². The molecule has 1 saturated heterocycles. The standard InChI is InChI=1S/C25H33N3O4S/c1-19-7-4-8-23(20(19)2)28(33(3,31)32)16-5-9-24(29)26-17-21-11-13-22(14-12-21)18-27-15-6-10-25(27)30/h4,7-8,11-14H,5-6,9-10,15-18H2,1-3H3,(H,26,29). The largest absolute Gasteiger partial charge is 0.352 e. The summed E-state index contributed by atoms with van der Waals surface area (Å²) in [4.78, 5) is 25.9. The van der Waals surface area contributed by atoms with Crippen molar-refractivity contribution in [1.82, 2.24) is 10.2 Å². The van der Waals surface area contributed by atoms with Gasteiger partial charge in [0, 0.05) is 39.0 Å². The molecule has 1 heterocycles. The summed E-state index contributed by atoms with van der Waals surface area (Å²) in [7, 11) is -3.45. The third kappa shape index (κ3) is 6.81. The first kappa shape index (κ1) is 24.8. The van der Waals surface area contributed by atoms with Crippen LogP contribution in [0.2, 0.25) is 0 Å². The fourth-order valence-electron chi connectivity index (χ4n) is 4.00. The Kier molecular flexibility index (Phi) is 8.13. The molecule has 2 amide bonds. The Balaban J connectivity index is 1.47. The van der Waals surface area contributed by atoms with Crippen molar-refractivity contribution in [3.05, 3.63) is 64.7 Å². The number of hydrogen-bond acceptors (Lipinski definition) is 4. The molecular weight excluding hydrogens is 438 g/mol. The van der Waals surface area contributed by atoms with Gasteiger partial charge < -0.3 is 10.2 Å². The summed E-state index contributed by atoms with van der Waals surface area (Å²) in [6.07, 6.45) is 3.42. The molecule has 33 heavy (non-hydrogen) atoms. The average Bonchev–Trinajstić information content (AvgIpc) is 3.16. The number of carbonyl (C=O) groups excluding carboxylic acids is 2. The lowest BCUT2D eigenvalue weighted by atomic mass is 10.1. The van der Waals surface area contributed by atoms with Gasteiger partial charge in [-0.25, -0.2) is 8.42 Å². The first-order valence-corrected chi connectivity index (χ1v) is 13.2. The molecule has 2 aromatic carbocycles. The minimum atomic E-state index is -3.45. The van der Waals surface area contributed by atoms with Crippen LogP contribution in [0.3, 0.4) is 0 Å². The van der Waals surface area contributed by atoms with Crippen molar-refractivity contribution in [2.45, 2.75) is 52.6 Å². The summed E-state index contributed by atoms with van der Waals surface area (Å²) in [5.41, 5.74) is 4.66. The van der Waals surface area contributed by atoms with Crippen molar-refractivity contribution < 1.29 is 18.0 Å². The summed E-state index contributed by atoms with van der Waals surface area (Å²) >= 11 is 0. The SMILES string of the molecule is Cc1cccc(N(CCCC(=O)NCc2ccc(CN3CCCC3=O)cc2)S(C)(=O)=O)c1C. The predicted molar refractivity (Wildman–Crippen MR) is 130 cm³/mol. The van der Waals surface area contributed by atoms with Gasteiger partial charge >= 0.3 is 0 Å². The topological polar surface area (TPSA) is 86.8 Å². The van der Waals surface area contributed by atoms with Crippen LogP contribution < -0.4 is 9.62 Å². The second-order valence-electron chi connectivity index (χ2n) is 8.67. The molecular formula is C25H33N3O4S. The van der Waals surface area contributed by atoms with E-state index >= 15 is 0 Å². The van der Waals surface area contributed by atoms with E-state index in [0.717, 1.165) is 35.2 Å². The molecule has 1 aliphatic heterocycles. The molecule has 0 spiro atoms. The molecule has 0 atom stereocenters. The first-order valence-electron chi connectivity index (χ1n) is 11.3. The van der Waals surface area contributed by atoms with Crippen LogP contribution in [0.1, 0.15) is 47.9 Å². The number of hydrogen-bond donors (Lipinski definition) is 1. The van der Waals surface area contributed by atoms with E-state index in [2.05, 4.69) is 5.32 Å². The molecule has 3 rings (SSSR count). The highest BCUT2D eigenvalue weighted by Crippen LogP contribution is 2.25. The van der Waals surface area contributed by atoms with Crippen LogP contribution in [0.5, 0.6) is 0 Å². The molecule has 8 heteroatoms. The van der Waals surface area contributed by atoms with Gasteiger partial charge in [0.05, 0.1) is 11.9 Å². The number of nitrogens with zero attached hydrogens (tertiary/aromatic N) is 2. The van der Waals surface area contributed by atoms with E-state index < -0.39 is 10.0 Å². The van der Waals surface area contributed by atoms with Crippen molar-refractivity contribution in [3.63, 3.8) is 0 Å². The normalized spacial score (nSPS) is 13.9. The number of nitrogens with one attached hydrogen (secondary N) is 1. The van der Waals surface area contributed by atoms with Crippen LogP contribution in [-0.2, 0) is 32.7 Å². The molecule has 7 nitrogen and oxygen atoms in total. The highest BCUT2D eigenvalue weighted by Gasteiger charge is 2.21. The van der Waals surface area contributed by atoms with Gasteiger partial charge in [0.1, 0.15) is 0 Å². The summed E-state index contributed by atoms with van der Waals surface area (Å²) < 4.78 is 26.1. The number of likely N-dealkylation sites (tertiary alicyclic amines) is 1. The van der Waals surface area contributed by atoms with Crippen molar-refractivity contribution in [2.75, 3.05) is 23.7 Å². The Morgan fingerprint density at radius 2 is 1.79 bits per heavy atom. The number of sulfonamides is 1. The van der Waals surface area contributed by atoms with E-state index in [9.17, 15) is 18.0 Å². The third-order valence-electron chi connectivity index (χ3n) is 6.07. The zero-order valence-corrected chi connectivity index (χ0v) is 20.5. The van der Waals surface area contributed by atoms with Gasteiger partial charge in [-0.1, -0.05) is 36.4 Å². The fourth-order valence-corrected chi connectivity index (χ4v) is 5.01. The van der Waals surface area contributed by atoms with E-state index in [1.807, 2.05) is 55.1 Å². The summed E-state index contributed by atoms with van der Waals surface area (Å²) in [5.74, 6) is 0.0921. The summed E-state index contributed by atoms with van der Waals surface area (Å²) in [5, 5.41) is 2.90. The fraction of sp³-hybridized carbons (Fsp3) is 0.440. The maximum atomic E-state index is 12.3. The molecule has 0 saturated carbocycles. The molecule has 0 radical (unpaired) electrons. The summed E-state index contributed by atoms with van der Waals surface area (Å²) in [6.45, 7) is 5.96. The number of carbonyl (C=O) groups is 2. The molecule has 178 valence electrons. The lowest BCUT2D eigenvalue weighted by Gasteiger charge is -2.24. The number of anilines is 1. The molecule has 2 aromatic rings. The smallest absolute Gasteiger partial charge is 0.232 e. The van der Waals surface area contributed by atoms with Gasteiger partial charge in [0.2, 0.25) is 21.8 Å². The van der Waals surface area contributed by atoms with E-state index in [-0.39, 0.29) is 24.8 Å². The Morgan fingerprint density at radius 1 is 1.09 bits per heavy atom. The Bertz CT molecular complexity index is 1100. The van der Waals surface area contributed by atoms with E-state index in [4.69, 9.17) is 0 Å². The second-order valence-corrected chi connectivity index (χ2v) is 10.6.